The molecule has 0 atom stereocenters. The third kappa shape index (κ3) is 4.35. The van der Waals surface area contributed by atoms with E-state index in [0.29, 0.717) is 6.54 Å². The van der Waals surface area contributed by atoms with E-state index in [2.05, 4.69) is 10.3 Å². The summed E-state index contributed by atoms with van der Waals surface area (Å²) in [6.45, 7) is 0.508. The number of benzene rings is 1. The summed E-state index contributed by atoms with van der Waals surface area (Å²) in [5.74, 6) is -0.432. The largest absolute Gasteiger partial charge is 0.490 e. The molecule has 4 nitrogen and oxygen atoms in total. The second-order valence-corrected chi connectivity index (χ2v) is 4.13. The van der Waals surface area contributed by atoms with Gasteiger partial charge in [0, 0.05) is 6.20 Å². The fraction of sp³-hybridized carbons (Fsp3) is 0.200. The first kappa shape index (κ1) is 14.0. The number of nitrogens with one attached hydrogen (secondary N) is 1. The van der Waals surface area contributed by atoms with Crippen molar-refractivity contribution in [3.63, 3.8) is 0 Å². The number of halogens is 1. The summed E-state index contributed by atoms with van der Waals surface area (Å²) >= 11 is 0. The lowest BCUT2D eigenvalue weighted by molar-refractivity contribution is -0.121. The zero-order chi connectivity index (χ0) is 14.2. The smallest absolute Gasteiger partial charge is 0.223 e. The molecule has 5 heteroatoms. The Morgan fingerprint density at radius 3 is 2.75 bits per heavy atom. The number of hydrogen-bond acceptors (Lipinski definition) is 3. The summed E-state index contributed by atoms with van der Waals surface area (Å²) in [7, 11) is 0. The second kappa shape index (κ2) is 7.23. The minimum atomic E-state index is -0.429. The van der Waals surface area contributed by atoms with Gasteiger partial charge >= 0.3 is 0 Å². The van der Waals surface area contributed by atoms with Gasteiger partial charge in [0.05, 0.1) is 25.3 Å². The van der Waals surface area contributed by atoms with Crippen LogP contribution in [0, 0.1) is 5.82 Å². The Morgan fingerprint density at radius 1 is 1.20 bits per heavy atom. The van der Waals surface area contributed by atoms with E-state index in [9.17, 15) is 9.18 Å². The van der Waals surface area contributed by atoms with Gasteiger partial charge in [-0.25, -0.2) is 4.39 Å². The first-order valence-electron chi connectivity index (χ1n) is 6.29. The monoisotopic (exact) mass is 274 g/mol. The highest BCUT2D eigenvalue weighted by atomic mass is 19.1. The number of amides is 1. The Labute approximate surface area is 116 Å². The maximum atomic E-state index is 13.2. The Hall–Kier alpha value is -2.43. The summed E-state index contributed by atoms with van der Waals surface area (Å²) < 4.78 is 18.5. The van der Waals surface area contributed by atoms with E-state index >= 15 is 0 Å². The van der Waals surface area contributed by atoms with E-state index in [1.54, 1.807) is 18.3 Å². The lowest BCUT2D eigenvalue weighted by Crippen LogP contribution is -2.24. The van der Waals surface area contributed by atoms with Gasteiger partial charge in [-0.1, -0.05) is 18.2 Å². The molecule has 0 unspecified atom stereocenters. The number of pyridine rings is 1. The quantitative estimate of drug-likeness (QED) is 0.879. The molecule has 0 fully saturated rings. The van der Waals surface area contributed by atoms with Crippen LogP contribution < -0.4 is 10.1 Å². The predicted molar refractivity (Wildman–Crippen MR) is 72.6 cm³/mol. The Kier molecular flexibility index (Phi) is 5.06. The van der Waals surface area contributed by atoms with Gasteiger partial charge in [0.1, 0.15) is 0 Å². The first-order valence-corrected chi connectivity index (χ1v) is 6.29. The zero-order valence-electron chi connectivity index (χ0n) is 10.9. The van der Waals surface area contributed by atoms with E-state index in [0.717, 1.165) is 5.69 Å². The Morgan fingerprint density at radius 2 is 2.00 bits per heavy atom. The molecule has 104 valence electrons. The molecule has 1 aromatic heterocycles. The highest BCUT2D eigenvalue weighted by molar-refractivity contribution is 5.75. The molecular formula is C15H15FN2O2. The van der Waals surface area contributed by atoms with Crippen molar-refractivity contribution in [3.05, 3.63) is 60.2 Å². The number of rotatable bonds is 6. The number of aromatic nitrogens is 1. The summed E-state index contributed by atoms with van der Waals surface area (Å²) in [6, 6.07) is 11.6. The Balaban J connectivity index is 1.69. The molecule has 0 saturated heterocycles. The van der Waals surface area contributed by atoms with Crippen LogP contribution in [-0.4, -0.2) is 17.5 Å². The zero-order valence-corrected chi connectivity index (χ0v) is 10.9. The average molecular weight is 274 g/mol. The van der Waals surface area contributed by atoms with E-state index in [-0.39, 0.29) is 24.7 Å². The molecule has 0 aliphatic carbocycles. The molecule has 0 bridgehead atoms. The second-order valence-electron chi connectivity index (χ2n) is 4.13. The molecule has 0 saturated carbocycles. The van der Waals surface area contributed by atoms with Gasteiger partial charge in [0.2, 0.25) is 5.91 Å². The molecule has 0 radical (unpaired) electrons. The molecule has 1 amide bonds. The molecule has 1 N–H and O–H groups in total. The third-order valence-electron chi connectivity index (χ3n) is 2.62. The van der Waals surface area contributed by atoms with Crippen LogP contribution in [0.4, 0.5) is 4.39 Å². The van der Waals surface area contributed by atoms with Crippen molar-refractivity contribution in [3.8, 4) is 5.75 Å². The van der Waals surface area contributed by atoms with Crippen molar-refractivity contribution in [1.82, 2.24) is 10.3 Å². The summed E-state index contributed by atoms with van der Waals surface area (Å²) in [6.07, 6.45) is 1.84. The van der Waals surface area contributed by atoms with Crippen LogP contribution in [0.15, 0.2) is 48.7 Å². The molecule has 0 spiro atoms. The van der Waals surface area contributed by atoms with E-state index in [1.807, 2.05) is 18.2 Å². The van der Waals surface area contributed by atoms with Crippen LogP contribution in [0.25, 0.3) is 0 Å². The SMILES string of the molecule is O=C(CCOc1ccccc1F)NCc1ccccn1. The van der Waals surface area contributed by atoms with Crippen molar-refractivity contribution >= 4 is 5.91 Å². The van der Waals surface area contributed by atoms with Crippen LogP contribution in [-0.2, 0) is 11.3 Å². The van der Waals surface area contributed by atoms with Gasteiger partial charge in [0.15, 0.2) is 11.6 Å². The topological polar surface area (TPSA) is 51.2 Å². The minimum absolute atomic E-state index is 0.134. The standard InChI is InChI=1S/C15H15FN2O2/c16-13-6-1-2-7-14(13)20-10-8-15(19)18-11-12-5-3-4-9-17-12/h1-7,9H,8,10-11H2,(H,18,19). The lowest BCUT2D eigenvalue weighted by atomic mass is 10.3. The number of carbonyl (C=O) groups excluding carboxylic acids is 1. The fourth-order valence-corrected chi connectivity index (χ4v) is 1.60. The van der Waals surface area contributed by atoms with Crippen LogP contribution in [0.5, 0.6) is 5.75 Å². The molecular weight excluding hydrogens is 259 g/mol. The van der Waals surface area contributed by atoms with Gasteiger partial charge in [0.25, 0.3) is 0 Å². The highest BCUT2D eigenvalue weighted by Crippen LogP contribution is 2.15. The molecule has 1 aromatic carbocycles. The summed E-state index contributed by atoms with van der Waals surface area (Å²) in [4.78, 5) is 15.7. The molecule has 2 rings (SSSR count). The molecule has 0 aliphatic heterocycles. The fourth-order valence-electron chi connectivity index (χ4n) is 1.60. The van der Waals surface area contributed by atoms with Gasteiger partial charge < -0.3 is 10.1 Å². The summed E-state index contributed by atoms with van der Waals surface area (Å²) in [5.41, 5.74) is 0.788. The van der Waals surface area contributed by atoms with Crippen LogP contribution in [0.3, 0.4) is 0 Å². The number of hydrogen-bond donors (Lipinski definition) is 1. The number of ether oxygens (including phenoxy) is 1. The average Bonchev–Trinajstić information content (AvgIpc) is 2.48. The van der Waals surface area contributed by atoms with E-state index in [4.69, 9.17) is 4.74 Å². The van der Waals surface area contributed by atoms with Crippen LogP contribution >= 0.6 is 0 Å². The predicted octanol–water partition coefficient (Wildman–Crippen LogP) is 2.31. The van der Waals surface area contributed by atoms with Gasteiger partial charge in [-0.2, -0.15) is 0 Å². The van der Waals surface area contributed by atoms with Crippen molar-refractivity contribution in [2.45, 2.75) is 13.0 Å². The number of carbonyl (C=O) groups is 1. The lowest BCUT2D eigenvalue weighted by Gasteiger charge is -2.07. The minimum Gasteiger partial charge on any atom is -0.490 e. The van der Waals surface area contributed by atoms with Gasteiger partial charge in [-0.15, -0.1) is 0 Å². The normalized spacial score (nSPS) is 10.1. The third-order valence-corrected chi connectivity index (χ3v) is 2.62. The molecule has 20 heavy (non-hydrogen) atoms. The number of para-hydroxylation sites is 1. The molecule has 2 aromatic rings. The van der Waals surface area contributed by atoms with Gasteiger partial charge in [-0.3, -0.25) is 9.78 Å². The van der Waals surface area contributed by atoms with Crippen LogP contribution in [0.2, 0.25) is 0 Å². The van der Waals surface area contributed by atoms with Gasteiger partial charge in [-0.05, 0) is 24.3 Å². The maximum Gasteiger partial charge on any atom is 0.223 e. The van der Waals surface area contributed by atoms with Crippen molar-refractivity contribution in [2.75, 3.05) is 6.61 Å². The Bertz CT molecular complexity index is 561. The highest BCUT2D eigenvalue weighted by Gasteiger charge is 2.05. The summed E-state index contributed by atoms with van der Waals surface area (Å²) in [5, 5.41) is 2.72. The number of nitrogens with zero attached hydrogens (tertiary/aromatic N) is 1. The maximum absolute atomic E-state index is 13.2. The molecule has 0 aliphatic rings. The van der Waals surface area contributed by atoms with Crippen molar-refractivity contribution < 1.29 is 13.9 Å². The van der Waals surface area contributed by atoms with E-state index in [1.165, 1.54) is 12.1 Å². The molecule has 1 heterocycles. The van der Waals surface area contributed by atoms with Crippen LogP contribution in [0.1, 0.15) is 12.1 Å². The first-order chi connectivity index (χ1) is 9.75. The van der Waals surface area contributed by atoms with Crippen molar-refractivity contribution in [1.29, 1.82) is 0 Å². The van der Waals surface area contributed by atoms with E-state index < -0.39 is 5.82 Å². The van der Waals surface area contributed by atoms with Crippen molar-refractivity contribution in [2.24, 2.45) is 0 Å².